The minimum Gasteiger partial charge on any atom is -0.388 e. The highest BCUT2D eigenvalue weighted by Gasteiger charge is 2.10. The highest BCUT2D eigenvalue weighted by atomic mass is 79.9. The monoisotopic (exact) mass is 346 g/mol. The fraction of sp³-hybridized carbons (Fsp3) is 0.200. The molecule has 0 aliphatic rings. The molecular formula is C15H15BrN4O. The molecule has 0 saturated carbocycles. The largest absolute Gasteiger partial charge is 0.388 e. The Hall–Kier alpha value is -1.92. The summed E-state index contributed by atoms with van der Waals surface area (Å²) in [6.07, 6.45) is 5.36. The van der Waals surface area contributed by atoms with Gasteiger partial charge in [0.05, 0.1) is 16.8 Å². The van der Waals surface area contributed by atoms with E-state index in [1.54, 1.807) is 23.1 Å². The summed E-state index contributed by atoms with van der Waals surface area (Å²) in [5.74, 6) is 0.752. The van der Waals surface area contributed by atoms with Gasteiger partial charge in [0.2, 0.25) is 0 Å². The van der Waals surface area contributed by atoms with Crippen molar-refractivity contribution in [1.82, 2.24) is 14.6 Å². The molecule has 108 valence electrons. The number of fused-ring (bicyclic) bond motifs is 1. The summed E-state index contributed by atoms with van der Waals surface area (Å²) in [4.78, 5) is 4.33. The lowest BCUT2D eigenvalue weighted by Gasteiger charge is -2.12. The molecule has 1 atom stereocenters. The van der Waals surface area contributed by atoms with Crippen molar-refractivity contribution in [2.24, 2.45) is 0 Å². The van der Waals surface area contributed by atoms with Crippen molar-refractivity contribution in [3.63, 3.8) is 0 Å². The second-order valence-corrected chi connectivity index (χ2v) is 5.56. The number of hydrogen-bond acceptors (Lipinski definition) is 4. The third kappa shape index (κ3) is 3.06. The van der Waals surface area contributed by atoms with Gasteiger partial charge in [-0.3, -0.25) is 0 Å². The molecule has 3 aromatic rings. The number of nitrogens with one attached hydrogen (secondary N) is 1. The number of rotatable bonds is 5. The Morgan fingerprint density at radius 2 is 2.10 bits per heavy atom. The van der Waals surface area contributed by atoms with E-state index >= 15 is 0 Å². The summed E-state index contributed by atoms with van der Waals surface area (Å²) < 4.78 is 2.65. The van der Waals surface area contributed by atoms with E-state index < -0.39 is 6.10 Å². The molecular weight excluding hydrogens is 332 g/mol. The van der Waals surface area contributed by atoms with Crippen molar-refractivity contribution >= 4 is 27.3 Å². The fourth-order valence-electron chi connectivity index (χ4n) is 2.21. The maximum absolute atomic E-state index is 10.1. The van der Waals surface area contributed by atoms with Crippen LogP contribution in [0.3, 0.4) is 0 Å². The molecule has 5 nitrogen and oxygen atoms in total. The van der Waals surface area contributed by atoms with Gasteiger partial charge < -0.3 is 10.4 Å². The minimum atomic E-state index is -0.480. The van der Waals surface area contributed by atoms with E-state index in [0.717, 1.165) is 21.4 Å². The van der Waals surface area contributed by atoms with Crippen LogP contribution in [0.15, 0.2) is 53.4 Å². The molecule has 3 rings (SSSR count). The van der Waals surface area contributed by atoms with Crippen molar-refractivity contribution in [3.8, 4) is 0 Å². The zero-order valence-corrected chi connectivity index (χ0v) is 12.9. The molecule has 0 unspecified atom stereocenters. The van der Waals surface area contributed by atoms with Crippen LogP contribution in [0.5, 0.6) is 0 Å². The van der Waals surface area contributed by atoms with E-state index in [2.05, 4.69) is 31.3 Å². The van der Waals surface area contributed by atoms with Crippen molar-refractivity contribution in [3.05, 3.63) is 59.0 Å². The van der Waals surface area contributed by atoms with Gasteiger partial charge in [0.15, 0.2) is 5.82 Å². The Labute approximate surface area is 130 Å². The van der Waals surface area contributed by atoms with Crippen LogP contribution >= 0.6 is 15.9 Å². The summed E-state index contributed by atoms with van der Waals surface area (Å²) in [5.41, 5.74) is 1.82. The number of aliphatic hydroxyl groups excluding tert-OH is 1. The number of aromatic nitrogens is 3. The highest BCUT2D eigenvalue weighted by molar-refractivity contribution is 9.10. The molecule has 0 saturated heterocycles. The summed E-state index contributed by atoms with van der Waals surface area (Å²) in [6.45, 7) is 0.625. The molecule has 0 aliphatic carbocycles. The lowest BCUT2D eigenvalue weighted by molar-refractivity contribution is 0.171. The maximum atomic E-state index is 10.1. The molecule has 2 aromatic heterocycles. The zero-order valence-electron chi connectivity index (χ0n) is 11.3. The first-order valence-electron chi connectivity index (χ1n) is 6.70. The van der Waals surface area contributed by atoms with Crippen LogP contribution in [-0.4, -0.2) is 26.2 Å². The molecule has 0 fully saturated rings. The van der Waals surface area contributed by atoms with E-state index in [0.29, 0.717) is 13.0 Å². The van der Waals surface area contributed by atoms with Crippen LogP contribution < -0.4 is 5.32 Å². The van der Waals surface area contributed by atoms with Gasteiger partial charge >= 0.3 is 0 Å². The average molecular weight is 347 g/mol. The van der Waals surface area contributed by atoms with Crippen LogP contribution in [0.25, 0.3) is 5.52 Å². The van der Waals surface area contributed by atoms with Crippen molar-refractivity contribution < 1.29 is 5.11 Å². The van der Waals surface area contributed by atoms with E-state index in [-0.39, 0.29) is 0 Å². The molecule has 0 radical (unpaired) electrons. The average Bonchev–Trinajstić information content (AvgIpc) is 2.90. The first kappa shape index (κ1) is 14.0. The van der Waals surface area contributed by atoms with E-state index in [1.807, 2.05) is 30.3 Å². The van der Waals surface area contributed by atoms with Crippen molar-refractivity contribution in [2.75, 3.05) is 11.9 Å². The van der Waals surface area contributed by atoms with Crippen molar-refractivity contribution in [1.29, 1.82) is 0 Å². The maximum Gasteiger partial charge on any atom is 0.153 e. The summed E-state index contributed by atoms with van der Waals surface area (Å²) in [7, 11) is 0. The third-order valence-corrected chi connectivity index (χ3v) is 3.86. The summed E-state index contributed by atoms with van der Waals surface area (Å²) in [5, 5.41) is 17.6. The van der Waals surface area contributed by atoms with Gasteiger partial charge in [-0.05, 0) is 27.9 Å². The minimum absolute atomic E-state index is 0.480. The van der Waals surface area contributed by atoms with Gasteiger partial charge in [-0.15, -0.1) is 0 Å². The third-order valence-electron chi connectivity index (χ3n) is 3.28. The van der Waals surface area contributed by atoms with E-state index in [4.69, 9.17) is 0 Å². The number of halogens is 1. The van der Waals surface area contributed by atoms with Gasteiger partial charge in [0.25, 0.3) is 0 Å². The van der Waals surface area contributed by atoms with Crippen LogP contribution in [0, 0.1) is 0 Å². The molecule has 1 aromatic carbocycles. The van der Waals surface area contributed by atoms with Gasteiger partial charge in [-0.25, -0.2) is 9.50 Å². The molecule has 0 spiro atoms. The topological polar surface area (TPSA) is 62.5 Å². The van der Waals surface area contributed by atoms with Gasteiger partial charge in [0.1, 0.15) is 5.52 Å². The number of anilines is 1. The first-order valence-corrected chi connectivity index (χ1v) is 7.50. The molecule has 2 N–H and O–H groups in total. The molecule has 0 bridgehead atoms. The Morgan fingerprint density at radius 3 is 2.90 bits per heavy atom. The molecule has 0 aliphatic heterocycles. The second kappa shape index (κ2) is 6.24. The number of benzene rings is 1. The predicted molar refractivity (Wildman–Crippen MR) is 85.2 cm³/mol. The van der Waals surface area contributed by atoms with Crippen molar-refractivity contribution in [2.45, 2.75) is 12.5 Å². The zero-order chi connectivity index (χ0) is 14.7. The quantitative estimate of drug-likeness (QED) is 0.745. The second-order valence-electron chi connectivity index (χ2n) is 4.70. The summed E-state index contributed by atoms with van der Waals surface area (Å²) in [6, 6.07) is 9.65. The lowest BCUT2D eigenvalue weighted by atomic mass is 10.1. The Bertz CT molecular complexity index is 729. The Balaban J connectivity index is 1.66. The lowest BCUT2D eigenvalue weighted by Crippen LogP contribution is -2.09. The van der Waals surface area contributed by atoms with Gasteiger partial charge in [0, 0.05) is 18.9 Å². The van der Waals surface area contributed by atoms with E-state index in [9.17, 15) is 5.11 Å². The number of aliphatic hydroxyl groups is 1. The highest BCUT2D eigenvalue weighted by Crippen LogP contribution is 2.23. The molecule has 0 amide bonds. The smallest absolute Gasteiger partial charge is 0.153 e. The predicted octanol–water partition coefficient (Wildman–Crippen LogP) is 3.03. The fourth-order valence-corrected chi connectivity index (χ4v) is 2.67. The number of hydrogen-bond donors (Lipinski definition) is 2. The van der Waals surface area contributed by atoms with Gasteiger partial charge in [-0.1, -0.05) is 30.3 Å². The van der Waals surface area contributed by atoms with E-state index in [1.165, 1.54) is 0 Å². The van der Waals surface area contributed by atoms with Crippen LogP contribution in [-0.2, 0) is 0 Å². The normalized spacial score (nSPS) is 12.5. The molecule has 21 heavy (non-hydrogen) atoms. The first-order chi connectivity index (χ1) is 10.3. The van der Waals surface area contributed by atoms with Gasteiger partial charge in [-0.2, -0.15) is 5.10 Å². The summed E-state index contributed by atoms with van der Waals surface area (Å²) >= 11 is 3.46. The standard InChI is InChI=1S/C15H15BrN4O/c16-12-10-19-20-9-8-18-15(14(12)20)17-7-6-13(21)11-4-2-1-3-5-11/h1-5,8-10,13,21H,6-7H2,(H,17,18)/t13-/m1/s1. The van der Waals surface area contributed by atoms with Crippen LogP contribution in [0.2, 0.25) is 0 Å². The number of nitrogens with zero attached hydrogens (tertiary/aromatic N) is 3. The van der Waals surface area contributed by atoms with Crippen LogP contribution in [0.4, 0.5) is 5.82 Å². The molecule has 6 heteroatoms. The Morgan fingerprint density at radius 1 is 1.29 bits per heavy atom. The SMILES string of the molecule is O[C@H](CCNc1nccn2ncc(Br)c12)c1ccccc1. The Kier molecular flexibility index (Phi) is 4.17. The van der Waals surface area contributed by atoms with Crippen LogP contribution in [0.1, 0.15) is 18.1 Å². The molecule has 2 heterocycles.